The van der Waals surface area contributed by atoms with Gasteiger partial charge in [-0.05, 0) is 35.8 Å². The van der Waals surface area contributed by atoms with Gasteiger partial charge in [-0.1, -0.05) is 12.1 Å². The van der Waals surface area contributed by atoms with Gasteiger partial charge in [0.05, 0.1) is 5.69 Å². The van der Waals surface area contributed by atoms with Crippen LogP contribution < -0.4 is 16.2 Å². The van der Waals surface area contributed by atoms with Crippen LogP contribution in [0.2, 0.25) is 0 Å². The molecule has 0 unspecified atom stereocenters. The number of halogens is 1. The van der Waals surface area contributed by atoms with Crippen molar-refractivity contribution in [3.8, 4) is 10.6 Å². The van der Waals surface area contributed by atoms with Gasteiger partial charge in [-0.15, -0.1) is 11.3 Å². The lowest BCUT2D eigenvalue weighted by molar-refractivity contribution is 0.0940. The highest BCUT2D eigenvalue weighted by Gasteiger charge is 2.12. The molecule has 0 saturated carbocycles. The predicted octanol–water partition coefficient (Wildman–Crippen LogP) is 3.64. The molecule has 122 valence electrons. The van der Waals surface area contributed by atoms with Gasteiger partial charge >= 0.3 is 0 Å². The van der Waals surface area contributed by atoms with Crippen LogP contribution in [0.25, 0.3) is 10.6 Å². The lowest BCUT2D eigenvalue weighted by Crippen LogP contribution is -2.44. The maximum atomic E-state index is 13.5. The Bertz CT molecular complexity index is 863. The van der Waals surface area contributed by atoms with Crippen LogP contribution in [0.4, 0.5) is 10.1 Å². The zero-order valence-electron chi connectivity index (χ0n) is 12.1. The monoisotopic (exact) mass is 378 g/mol. The van der Waals surface area contributed by atoms with Gasteiger partial charge in [-0.2, -0.15) is 11.3 Å². The largest absolute Gasteiger partial charge is 0.329 e. The smallest absolute Gasteiger partial charge is 0.289 e. The van der Waals surface area contributed by atoms with E-state index in [1.165, 1.54) is 17.4 Å². The summed E-state index contributed by atoms with van der Waals surface area (Å²) in [5.41, 5.74) is 6.43. The van der Waals surface area contributed by atoms with E-state index in [1.807, 2.05) is 16.8 Å². The maximum absolute atomic E-state index is 13.5. The fourth-order valence-corrected chi connectivity index (χ4v) is 3.46. The number of thiocarbonyl (C=S) groups is 1. The lowest BCUT2D eigenvalue weighted by atomic mass is 10.3. The van der Waals surface area contributed by atoms with Gasteiger partial charge in [0.25, 0.3) is 5.91 Å². The van der Waals surface area contributed by atoms with Crippen molar-refractivity contribution in [3.05, 3.63) is 58.0 Å². The molecule has 0 saturated heterocycles. The quantitative estimate of drug-likeness (QED) is 0.480. The Hall–Kier alpha value is -2.36. The van der Waals surface area contributed by atoms with Crippen molar-refractivity contribution in [2.24, 2.45) is 0 Å². The van der Waals surface area contributed by atoms with Crippen LogP contribution in [0, 0.1) is 5.82 Å². The van der Waals surface area contributed by atoms with Crippen LogP contribution in [-0.4, -0.2) is 16.0 Å². The Balaban J connectivity index is 1.56. The number of hydrogen-bond donors (Lipinski definition) is 3. The van der Waals surface area contributed by atoms with Crippen LogP contribution in [0.1, 0.15) is 10.5 Å². The summed E-state index contributed by atoms with van der Waals surface area (Å²) in [4.78, 5) is 16.3. The zero-order valence-corrected chi connectivity index (χ0v) is 14.5. The Morgan fingerprint density at radius 1 is 1.17 bits per heavy atom. The molecule has 24 heavy (non-hydrogen) atoms. The predicted molar refractivity (Wildman–Crippen MR) is 98.6 cm³/mol. The minimum atomic E-state index is -0.437. The molecule has 1 aromatic carbocycles. The standard InChI is InChI=1S/C15H11FN4OS3/c16-10-3-1-2-4-11(10)18-15(22)20-19-13(21)12-8-24-14(17-12)9-5-6-23-7-9/h1-8H,(H,19,21)(H2,18,20,22). The number of hydrogen-bond acceptors (Lipinski definition) is 5. The normalized spacial score (nSPS) is 10.2. The zero-order chi connectivity index (χ0) is 16.9. The van der Waals surface area contributed by atoms with E-state index in [0.717, 1.165) is 10.6 Å². The SMILES string of the molecule is O=C(NNC(=S)Nc1ccccc1F)c1csc(-c2ccsc2)n1. The minimum Gasteiger partial charge on any atom is -0.329 e. The topological polar surface area (TPSA) is 66.1 Å². The number of nitrogens with one attached hydrogen (secondary N) is 3. The average Bonchev–Trinajstić information content (AvgIpc) is 3.25. The van der Waals surface area contributed by atoms with E-state index in [9.17, 15) is 9.18 Å². The third-order valence-electron chi connectivity index (χ3n) is 2.92. The van der Waals surface area contributed by atoms with E-state index >= 15 is 0 Å². The van der Waals surface area contributed by atoms with Gasteiger partial charge in [0.15, 0.2) is 5.11 Å². The van der Waals surface area contributed by atoms with Gasteiger partial charge in [-0.25, -0.2) is 9.37 Å². The summed E-state index contributed by atoms with van der Waals surface area (Å²) in [7, 11) is 0. The summed E-state index contributed by atoms with van der Waals surface area (Å²) in [6.07, 6.45) is 0. The van der Waals surface area contributed by atoms with E-state index in [-0.39, 0.29) is 16.5 Å². The molecular formula is C15H11FN4OS3. The van der Waals surface area contributed by atoms with Crippen LogP contribution in [0.15, 0.2) is 46.5 Å². The van der Waals surface area contributed by atoms with E-state index in [1.54, 1.807) is 34.9 Å². The summed E-state index contributed by atoms with van der Waals surface area (Å²) in [5, 5.41) is 9.08. The molecule has 3 N–H and O–H groups in total. The fraction of sp³-hybridized carbons (Fsp3) is 0. The molecule has 3 aromatic rings. The van der Waals surface area contributed by atoms with E-state index < -0.39 is 11.7 Å². The number of aromatic nitrogens is 1. The molecular weight excluding hydrogens is 367 g/mol. The lowest BCUT2D eigenvalue weighted by Gasteiger charge is -2.11. The first-order chi connectivity index (χ1) is 11.6. The third-order valence-corrected chi connectivity index (χ3v) is 4.70. The first-order valence-corrected chi connectivity index (χ1v) is 8.96. The Labute approximate surface area is 150 Å². The van der Waals surface area contributed by atoms with Gasteiger partial charge in [0.1, 0.15) is 16.5 Å². The van der Waals surface area contributed by atoms with Crippen LogP contribution in [0.5, 0.6) is 0 Å². The van der Waals surface area contributed by atoms with Crippen molar-refractivity contribution in [3.63, 3.8) is 0 Å². The molecule has 2 heterocycles. The Morgan fingerprint density at radius 3 is 2.75 bits per heavy atom. The first kappa shape index (κ1) is 16.5. The Morgan fingerprint density at radius 2 is 2.00 bits per heavy atom. The highest BCUT2D eigenvalue weighted by Crippen LogP contribution is 2.25. The van der Waals surface area contributed by atoms with Crippen LogP contribution >= 0.6 is 34.9 Å². The minimum absolute atomic E-state index is 0.0711. The molecule has 1 amide bonds. The molecule has 0 spiro atoms. The highest BCUT2D eigenvalue weighted by atomic mass is 32.1. The number of nitrogens with zero attached hydrogens (tertiary/aromatic N) is 1. The molecule has 0 fully saturated rings. The van der Waals surface area contributed by atoms with E-state index in [4.69, 9.17) is 12.2 Å². The van der Waals surface area contributed by atoms with Gasteiger partial charge < -0.3 is 5.32 Å². The number of benzene rings is 1. The van der Waals surface area contributed by atoms with Crippen molar-refractivity contribution in [1.29, 1.82) is 0 Å². The fourth-order valence-electron chi connectivity index (χ4n) is 1.79. The third kappa shape index (κ3) is 3.94. The second kappa shape index (κ2) is 7.47. The summed E-state index contributed by atoms with van der Waals surface area (Å²) >= 11 is 7.96. The molecule has 0 atom stereocenters. The van der Waals surface area contributed by atoms with Crippen LogP contribution in [0.3, 0.4) is 0 Å². The van der Waals surface area contributed by atoms with Crippen LogP contribution in [-0.2, 0) is 0 Å². The molecule has 0 radical (unpaired) electrons. The van der Waals surface area contributed by atoms with E-state index in [2.05, 4.69) is 21.2 Å². The van der Waals surface area contributed by atoms with Crippen molar-refractivity contribution in [2.75, 3.05) is 5.32 Å². The van der Waals surface area contributed by atoms with E-state index in [0.29, 0.717) is 0 Å². The molecule has 0 aliphatic rings. The van der Waals surface area contributed by atoms with Gasteiger partial charge in [-0.3, -0.25) is 15.6 Å². The summed E-state index contributed by atoms with van der Waals surface area (Å²) in [6, 6.07) is 8.04. The number of hydrazine groups is 1. The molecule has 0 aliphatic heterocycles. The van der Waals surface area contributed by atoms with Crippen molar-refractivity contribution >= 4 is 51.6 Å². The van der Waals surface area contributed by atoms with Gasteiger partial charge in [0.2, 0.25) is 0 Å². The van der Waals surface area contributed by atoms with Crippen molar-refractivity contribution in [1.82, 2.24) is 15.8 Å². The number of amides is 1. The second-order valence-corrected chi connectivity index (χ2v) is 6.61. The molecule has 2 aromatic heterocycles. The molecule has 5 nitrogen and oxygen atoms in total. The Kier molecular flexibility index (Phi) is 5.14. The average molecular weight is 378 g/mol. The number of carbonyl (C=O) groups is 1. The number of thiazole rings is 1. The van der Waals surface area contributed by atoms with Gasteiger partial charge in [0, 0.05) is 16.3 Å². The molecule has 9 heteroatoms. The summed E-state index contributed by atoms with van der Waals surface area (Å²) in [5.74, 6) is -0.863. The second-order valence-electron chi connectivity index (χ2n) is 4.56. The molecule has 0 bridgehead atoms. The van der Waals surface area contributed by atoms with Crippen molar-refractivity contribution < 1.29 is 9.18 Å². The molecule has 3 rings (SSSR count). The number of carbonyl (C=O) groups excluding carboxylic acids is 1. The highest BCUT2D eigenvalue weighted by molar-refractivity contribution is 7.80. The summed E-state index contributed by atoms with van der Waals surface area (Å²) in [6.45, 7) is 0. The molecule has 0 aliphatic carbocycles. The number of thiophene rings is 1. The van der Waals surface area contributed by atoms with Crippen molar-refractivity contribution in [2.45, 2.75) is 0 Å². The first-order valence-electron chi connectivity index (χ1n) is 6.73. The summed E-state index contributed by atoms with van der Waals surface area (Å²) < 4.78 is 13.5. The number of para-hydroxylation sites is 1. The number of rotatable bonds is 3. The maximum Gasteiger partial charge on any atom is 0.289 e. The number of anilines is 1.